The van der Waals surface area contributed by atoms with E-state index in [4.69, 9.17) is 11.6 Å². The van der Waals surface area contributed by atoms with Crippen molar-refractivity contribution < 1.29 is 5.11 Å². The minimum absolute atomic E-state index is 0.196. The van der Waals surface area contributed by atoms with Crippen molar-refractivity contribution in [2.75, 3.05) is 0 Å². The molecule has 0 spiro atoms. The molecule has 1 atom stereocenters. The molecule has 1 heterocycles. The van der Waals surface area contributed by atoms with Gasteiger partial charge in [-0.15, -0.1) is 0 Å². The molecule has 1 unspecified atom stereocenters. The number of aromatic nitrogens is 2. The van der Waals surface area contributed by atoms with Crippen molar-refractivity contribution in [2.24, 2.45) is 0 Å². The van der Waals surface area contributed by atoms with Crippen LogP contribution in [0.5, 0.6) is 0 Å². The van der Waals surface area contributed by atoms with E-state index in [1.165, 1.54) is 0 Å². The Hall–Kier alpha value is -0.800. The van der Waals surface area contributed by atoms with Crippen LogP contribution in [0.15, 0.2) is 18.3 Å². The van der Waals surface area contributed by atoms with Crippen molar-refractivity contribution in [2.45, 2.75) is 44.8 Å². The molecule has 16 heavy (non-hydrogen) atoms. The number of halogens is 1. The van der Waals surface area contributed by atoms with Gasteiger partial charge >= 0.3 is 0 Å². The zero-order valence-corrected chi connectivity index (χ0v) is 10.4. The smallest absolute Gasteiger partial charge is 0.126 e. The molecular weight excluding hydrogens is 224 g/mol. The van der Waals surface area contributed by atoms with Gasteiger partial charge in [0.15, 0.2) is 0 Å². The van der Waals surface area contributed by atoms with Crippen molar-refractivity contribution >= 4 is 11.6 Å². The van der Waals surface area contributed by atoms with E-state index in [9.17, 15) is 5.11 Å². The van der Waals surface area contributed by atoms with E-state index in [-0.39, 0.29) is 6.04 Å². The van der Waals surface area contributed by atoms with Gasteiger partial charge in [-0.25, -0.2) is 0 Å². The normalized spacial score (nSPS) is 25.3. The topological polar surface area (TPSA) is 38.0 Å². The Morgan fingerprint density at radius 3 is 2.88 bits per heavy atom. The molecule has 0 aliphatic heterocycles. The molecule has 0 bridgehead atoms. The summed E-state index contributed by atoms with van der Waals surface area (Å²) in [6, 6.07) is 0.196. The minimum atomic E-state index is -0.948. The SMILES string of the molecule is CC(C)n1ncc(Cl)c1C1(O)C=CCCC1. The number of hydrogen-bond donors (Lipinski definition) is 1. The lowest BCUT2D eigenvalue weighted by molar-refractivity contribution is 0.0617. The van der Waals surface area contributed by atoms with Crippen LogP contribution in [0.25, 0.3) is 0 Å². The van der Waals surface area contributed by atoms with Gasteiger partial charge < -0.3 is 5.11 Å². The molecule has 88 valence electrons. The highest BCUT2D eigenvalue weighted by atomic mass is 35.5. The molecule has 1 aliphatic carbocycles. The van der Waals surface area contributed by atoms with Crippen molar-refractivity contribution in [3.05, 3.63) is 29.1 Å². The lowest BCUT2D eigenvalue weighted by Gasteiger charge is -2.29. The average Bonchev–Trinajstić information content (AvgIpc) is 2.62. The van der Waals surface area contributed by atoms with Crippen LogP contribution < -0.4 is 0 Å². The molecule has 0 saturated carbocycles. The van der Waals surface area contributed by atoms with E-state index < -0.39 is 5.60 Å². The van der Waals surface area contributed by atoms with Gasteiger partial charge in [0.05, 0.1) is 16.9 Å². The second-order valence-corrected chi connectivity index (χ2v) is 5.01. The van der Waals surface area contributed by atoms with Crippen molar-refractivity contribution in [3.63, 3.8) is 0 Å². The zero-order chi connectivity index (χ0) is 11.8. The van der Waals surface area contributed by atoms with Crippen LogP contribution in [0.2, 0.25) is 5.02 Å². The van der Waals surface area contributed by atoms with Gasteiger partial charge in [-0.2, -0.15) is 5.10 Å². The molecule has 4 heteroatoms. The number of nitrogens with zero attached hydrogens (tertiary/aromatic N) is 2. The van der Waals surface area contributed by atoms with E-state index in [1.807, 2.05) is 26.0 Å². The van der Waals surface area contributed by atoms with Crippen molar-refractivity contribution in [3.8, 4) is 0 Å². The maximum Gasteiger partial charge on any atom is 0.126 e. The van der Waals surface area contributed by atoms with Crippen molar-refractivity contribution in [1.29, 1.82) is 0 Å². The molecule has 1 aromatic rings. The summed E-state index contributed by atoms with van der Waals surface area (Å²) in [6.07, 6.45) is 8.18. The summed E-state index contributed by atoms with van der Waals surface area (Å²) in [6.45, 7) is 4.06. The van der Waals surface area contributed by atoms with Gasteiger partial charge in [-0.1, -0.05) is 23.8 Å². The van der Waals surface area contributed by atoms with Crippen LogP contribution in [0, 0.1) is 0 Å². The molecular formula is C12H17ClN2O. The summed E-state index contributed by atoms with van der Waals surface area (Å²) in [5.41, 5.74) is -0.226. The highest BCUT2D eigenvalue weighted by Gasteiger charge is 2.34. The number of hydrogen-bond acceptors (Lipinski definition) is 2. The van der Waals surface area contributed by atoms with E-state index in [2.05, 4.69) is 5.10 Å². The standard InChI is InChI=1S/C12H17ClN2O/c1-9(2)15-11(10(13)8-14-15)12(16)6-4-3-5-7-12/h4,6,8-9,16H,3,5,7H2,1-2H3. The fraction of sp³-hybridized carbons (Fsp3) is 0.583. The summed E-state index contributed by atoms with van der Waals surface area (Å²) >= 11 is 6.13. The maximum atomic E-state index is 10.6. The molecule has 2 rings (SSSR count). The Balaban J connectivity index is 2.49. The Kier molecular flexibility index (Phi) is 3.08. The molecule has 0 aromatic carbocycles. The highest BCUT2D eigenvalue weighted by Crippen LogP contribution is 2.37. The van der Waals surface area contributed by atoms with E-state index in [1.54, 1.807) is 10.9 Å². The first kappa shape index (κ1) is 11.7. The quantitative estimate of drug-likeness (QED) is 0.807. The van der Waals surface area contributed by atoms with Gasteiger partial charge in [0.25, 0.3) is 0 Å². The summed E-state index contributed by atoms with van der Waals surface area (Å²) in [4.78, 5) is 0. The Morgan fingerprint density at radius 1 is 1.56 bits per heavy atom. The fourth-order valence-corrected chi connectivity index (χ4v) is 2.48. The summed E-state index contributed by atoms with van der Waals surface area (Å²) in [7, 11) is 0. The lowest BCUT2D eigenvalue weighted by atomic mass is 9.88. The van der Waals surface area contributed by atoms with Crippen molar-refractivity contribution in [1.82, 2.24) is 9.78 Å². The first-order chi connectivity index (χ1) is 7.54. The Bertz CT molecular complexity index is 411. The van der Waals surface area contributed by atoms with Gasteiger partial charge in [0, 0.05) is 6.04 Å². The molecule has 1 aliphatic rings. The third kappa shape index (κ3) is 1.89. The van der Waals surface area contributed by atoms with Gasteiger partial charge in [-0.3, -0.25) is 4.68 Å². The lowest BCUT2D eigenvalue weighted by Crippen LogP contribution is -2.29. The van der Waals surface area contributed by atoms with Crippen LogP contribution in [0.4, 0.5) is 0 Å². The first-order valence-electron chi connectivity index (χ1n) is 5.68. The third-order valence-corrected chi connectivity index (χ3v) is 3.25. The van der Waals surface area contributed by atoms with Crippen LogP contribution >= 0.6 is 11.6 Å². The number of rotatable bonds is 2. The Labute approximate surface area is 101 Å². The van der Waals surface area contributed by atoms with Gasteiger partial charge in [0.2, 0.25) is 0 Å². The van der Waals surface area contributed by atoms with Gasteiger partial charge in [-0.05, 0) is 33.1 Å². The summed E-state index contributed by atoms with van der Waals surface area (Å²) < 4.78 is 1.80. The van der Waals surface area contributed by atoms with E-state index >= 15 is 0 Å². The molecule has 3 nitrogen and oxygen atoms in total. The maximum absolute atomic E-state index is 10.6. The zero-order valence-electron chi connectivity index (χ0n) is 9.65. The van der Waals surface area contributed by atoms with Crippen LogP contribution in [0.3, 0.4) is 0 Å². The van der Waals surface area contributed by atoms with E-state index in [0.29, 0.717) is 11.4 Å². The second kappa shape index (κ2) is 4.22. The third-order valence-electron chi connectivity index (χ3n) is 2.97. The minimum Gasteiger partial charge on any atom is -0.379 e. The largest absolute Gasteiger partial charge is 0.379 e. The molecule has 0 radical (unpaired) electrons. The molecule has 1 aromatic heterocycles. The van der Waals surface area contributed by atoms with Gasteiger partial charge in [0.1, 0.15) is 5.60 Å². The summed E-state index contributed by atoms with van der Waals surface area (Å²) in [5.74, 6) is 0. The molecule has 1 N–H and O–H groups in total. The van der Waals surface area contributed by atoms with Crippen LogP contribution in [0.1, 0.15) is 44.8 Å². The van der Waals surface area contributed by atoms with E-state index in [0.717, 1.165) is 18.5 Å². The first-order valence-corrected chi connectivity index (χ1v) is 6.06. The molecule has 0 amide bonds. The monoisotopic (exact) mass is 240 g/mol. The summed E-state index contributed by atoms with van der Waals surface area (Å²) in [5, 5.41) is 15.4. The van der Waals surface area contributed by atoms with Crippen LogP contribution in [-0.2, 0) is 5.60 Å². The fourth-order valence-electron chi connectivity index (χ4n) is 2.19. The number of allylic oxidation sites excluding steroid dienone is 1. The molecule has 0 saturated heterocycles. The Morgan fingerprint density at radius 2 is 2.31 bits per heavy atom. The average molecular weight is 241 g/mol. The van der Waals surface area contributed by atoms with Crippen LogP contribution in [-0.4, -0.2) is 14.9 Å². The predicted molar refractivity (Wildman–Crippen MR) is 64.5 cm³/mol. The predicted octanol–water partition coefficient (Wildman–Crippen LogP) is 3.05. The number of aliphatic hydroxyl groups is 1. The second-order valence-electron chi connectivity index (χ2n) is 4.60. The highest BCUT2D eigenvalue weighted by molar-refractivity contribution is 6.31. The molecule has 0 fully saturated rings.